The quantitative estimate of drug-likeness (QED) is 0.281. The van der Waals surface area contributed by atoms with Crippen LogP contribution in [0.5, 0.6) is 0 Å². The maximum atomic E-state index is 14.2. The van der Waals surface area contributed by atoms with Crippen LogP contribution in [0, 0.1) is 10.9 Å². The Labute approximate surface area is 211 Å². The maximum absolute atomic E-state index is 14.2. The predicted molar refractivity (Wildman–Crippen MR) is 137 cm³/mol. The highest BCUT2D eigenvalue weighted by molar-refractivity contribution is 7.14. The smallest absolute Gasteiger partial charge is 0.412 e. The molecule has 7 heteroatoms. The number of nitrogens with one attached hydrogen (secondary N) is 1. The molecule has 0 aliphatic heterocycles. The van der Waals surface area contributed by atoms with Crippen LogP contribution in [-0.2, 0) is 4.74 Å². The van der Waals surface area contributed by atoms with Gasteiger partial charge in [-0.3, -0.25) is 5.32 Å². The van der Waals surface area contributed by atoms with Crippen LogP contribution in [-0.4, -0.2) is 6.09 Å². The van der Waals surface area contributed by atoms with E-state index in [9.17, 15) is 13.6 Å². The Morgan fingerprint density at radius 3 is 2.23 bits per heavy atom. The first-order valence-corrected chi connectivity index (χ1v) is 12.5. The Balaban J connectivity index is 1.29. The van der Waals surface area contributed by atoms with Gasteiger partial charge < -0.3 is 4.74 Å². The summed E-state index contributed by atoms with van der Waals surface area (Å²) < 4.78 is 32.9. The molecule has 3 aromatic carbocycles. The first kappa shape index (κ1) is 23.5. The summed E-state index contributed by atoms with van der Waals surface area (Å²) in [5.74, 6) is 0.239. The van der Waals surface area contributed by atoms with Crippen LogP contribution in [0.4, 0.5) is 19.3 Å². The van der Waals surface area contributed by atoms with Gasteiger partial charge in [-0.15, -0.1) is 11.3 Å². The van der Waals surface area contributed by atoms with Crippen LogP contribution in [0.3, 0.4) is 0 Å². The van der Waals surface area contributed by atoms with E-state index in [1.54, 1.807) is 6.92 Å². The molecule has 1 atom stereocenters. The molecule has 0 unspecified atom stereocenters. The van der Waals surface area contributed by atoms with E-state index in [2.05, 4.69) is 29.6 Å². The number of amides is 1. The van der Waals surface area contributed by atoms with Crippen molar-refractivity contribution in [2.75, 3.05) is 5.32 Å². The summed E-state index contributed by atoms with van der Waals surface area (Å²) in [6, 6.07) is 21.6. The third-order valence-corrected chi connectivity index (χ3v) is 7.36. The molecule has 1 heterocycles. The molecular weight excluding hydrogens is 488 g/mol. The molecule has 3 nitrogen and oxygen atoms in total. The van der Waals surface area contributed by atoms with Gasteiger partial charge in [0.05, 0.1) is 15.6 Å². The highest BCUT2D eigenvalue weighted by Gasteiger charge is 2.23. The van der Waals surface area contributed by atoms with E-state index in [1.165, 1.54) is 36.6 Å². The molecule has 0 bridgehead atoms. The molecule has 0 spiro atoms. The molecule has 1 amide bonds. The number of carbonyl (C=O) groups is 1. The number of rotatable bonds is 6. The highest BCUT2D eigenvalue weighted by atomic mass is 35.5. The van der Waals surface area contributed by atoms with Gasteiger partial charge >= 0.3 is 6.09 Å². The SMILES string of the molecule is C[C@@H](OC(=O)Nc1cc(F)sc1-c1ccc(-c2ccc(C3CC3)cc2)cc1)c1ccc(F)cc1Cl. The zero-order chi connectivity index (χ0) is 24.5. The second-order valence-electron chi connectivity index (χ2n) is 8.61. The van der Waals surface area contributed by atoms with Gasteiger partial charge in [-0.2, -0.15) is 4.39 Å². The lowest BCUT2D eigenvalue weighted by Crippen LogP contribution is -2.16. The second-order valence-corrected chi connectivity index (χ2v) is 10.0. The molecule has 5 rings (SSSR count). The summed E-state index contributed by atoms with van der Waals surface area (Å²) in [5, 5.41) is 2.36. The molecule has 35 heavy (non-hydrogen) atoms. The van der Waals surface area contributed by atoms with E-state index in [1.807, 2.05) is 24.3 Å². The van der Waals surface area contributed by atoms with Crippen molar-refractivity contribution < 1.29 is 18.3 Å². The van der Waals surface area contributed by atoms with E-state index >= 15 is 0 Å². The van der Waals surface area contributed by atoms with Gasteiger partial charge in [-0.05, 0) is 60.1 Å². The van der Waals surface area contributed by atoms with Crippen molar-refractivity contribution in [3.63, 3.8) is 0 Å². The van der Waals surface area contributed by atoms with Gasteiger partial charge in [-0.25, -0.2) is 9.18 Å². The molecule has 0 radical (unpaired) electrons. The number of hydrogen-bond donors (Lipinski definition) is 1. The van der Waals surface area contributed by atoms with Crippen LogP contribution < -0.4 is 5.32 Å². The second kappa shape index (κ2) is 9.80. The van der Waals surface area contributed by atoms with Gasteiger partial charge in [0.2, 0.25) is 0 Å². The number of hydrogen-bond acceptors (Lipinski definition) is 3. The normalized spacial score (nSPS) is 13.9. The first-order valence-electron chi connectivity index (χ1n) is 11.3. The minimum Gasteiger partial charge on any atom is -0.441 e. The maximum Gasteiger partial charge on any atom is 0.412 e. The van der Waals surface area contributed by atoms with Gasteiger partial charge in [0.15, 0.2) is 5.13 Å². The average molecular weight is 510 g/mol. The van der Waals surface area contributed by atoms with Crippen LogP contribution in [0.25, 0.3) is 21.6 Å². The third-order valence-electron chi connectivity index (χ3n) is 6.06. The monoisotopic (exact) mass is 509 g/mol. The van der Waals surface area contributed by atoms with Crippen LogP contribution >= 0.6 is 22.9 Å². The van der Waals surface area contributed by atoms with Crippen molar-refractivity contribution in [1.82, 2.24) is 0 Å². The van der Waals surface area contributed by atoms with Crippen molar-refractivity contribution in [1.29, 1.82) is 0 Å². The van der Waals surface area contributed by atoms with E-state index in [0.717, 1.165) is 34.1 Å². The molecule has 178 valence electrons. The van der Waals surface area contributed by atoms with Crippen LogP contribution in [0.2, 0.25) is 5.02 Å². The van der Waals surface area contributed by atoms with E-state index in [0.29, 0.717) is 22.0 Å². The Hall–Kier alpha value is -3.22. The Kier molecular flexibility index (Phi) is 6.58. The van der Waals surface area contributed by atoms with Gasteiger partial charge in [0.25, 0.3) is 0 Å². The molecule has 0 saturated heterocycles. The lowest BCUT2D eigenvalue weighted by atomic mass is 10.0. The first-order chi connectivity index (χ1) is 16.9. The number of ether oxygens (including phenoxy) is 1. The number of anilines is 1. The van der Waals surface area contributed by atoms with Crippen molar-refractivity contribution in [3.05, 3.63) is 99.9 Å². The van der Waals surface area contributed by atoms with Gasteiger partial charge in [-0.1, -0.05) is 66.2 Å². The predicted octanol–water partition coefficient (Wildman–Crippen LogP) is 9.20. The van der Waals surface area contributed by atoms with Crippen LogP contribution in [0.15, 0.2) is 72.8 Å². The van der Waals surface area contributed by atoms with Crippen LogP contribution in [0.1, 0.15) is 42.9 Å². The minimum atomic E-state index is -0.760. The molecule has 1 aromatic heterocycles. The van der Waals surface area contributed by atoms with E-state index in [4.69, 9.17) is 16.3 Å². The van der Waals surface area contributed by atoms with Crippen molar-refractivity contribution in [3.8, 4) is 21.6 Å². The molecule has 1 saturated carbocycles. The lowest BCUT2D eigenvalue weighted by Gasteiger charge is -2.16. The van der Waals surface area contributed by atoms with E-state index in [-0.39, 0.29) is 5.02 Å². The zero-order valence-corrected chi connectivity index (χ0v) is 20.4. The molecule has 1 fully saturated rings. The Morgan fingerprint density at radius 2 is 1.60 bits per heavy atom. The topological polar surface area (TPSA) is 38.3 Å². The molecule has 1 aliphatic rings. The van der Waals surface area contributed by atoms with Gasteiger partial charge in [0, 0.05) is 11.6 Å². The zero-order valence-electron chi connectivity index (χ0n) is 18.9. The van der Waals surface area contributed by atoms with Crippen molar-refractivity contribution >= 4 is 34.7 Å². The summed E-state index contributed by atoms with van der Waals surface area (Å²) in [4.78, 5) is 13.1. The fourth-order valence-electron chi connectivity index (χ4n) is 4.04. The highest BCUT2D eigenvalue weighted by Crippen LogP contribution is 2.41. The lowest BCUT2D eigenvalue weighted by molar-refractivity contribution is 0.121. The largest absolute Gasteiger partial charge is 0.441 e. The molecular formula is C28H22ClF2NO2S. The number of thiophene rings is 1. The number of carbonyl (C=O) groups excluding carboxylic acids is 1. The summed E-state index contributed by atoms with van der Waals surface area (Å²) in [7, 11) is 0. The minimum absolute atomic E-state index is 0.162. The average Bonchev–Trinajstić information content (AvgIpc) is 3.62. The molecule has 1 aliphatic carbocycles. The summed E-state index contributed by atoms with van der Waals surface area (Å²) in [6.45, 7) is 1.63. The van der Waals surface area contributed by atoms with E-state index < -0.39 is 23.1 Å². The third kappa shape index (κ3) is 5.39. The Bertz CT molecular complexity index is 1360. The van der Waals surface area contributed by atoms with Crippen molar-refractivity contribution in [2.45, 2.75) is 31.8 Å². The molecule has 1 N–H and O–H groups in total. The standard InChI is InChI=1S/C28H22ClF2NO2S/c1-16(23-13-12-22(30)14-24(23)29)34-28(33)32-25-15-26(31)35-27(25)21-10-8-20(9-11-21)19-6-4-18(5-7-19)17-2-3-17/h4-17H,2-3H2,1H3,(H,32,33)/t16-/m1/s1. The summed E-state index contributed by atoms with van der Waals surface area (Å²) in [6.07, 6.45) is 1.06. The fourth-order valence-corrected chi connectivity index (χ4v) is 5.21. The number of halogens is 3. The summed E-state index contributed by atoms with van der Waals surface area (Å²) >= 11 is 7.00. The Morgan fingerprint density at radius 1 is 0.971 bits per heavy atom. The van der Waals surface area contributed by atoms with Gasteiger partial charge in [0.1, 0.15) is 11.9 Å². The van der Waals surface area contributed by atoms with Crippen molar-refractivity contribution in [2.24, 2.45) is 0 Å². The molecule has 4 aromatic rings. The fraction of sp³-hybridized carbons (Fsp3) is 0.179. The number of benzene rings is 3. The summed E-state index contributed by atoms with van der Waals surface area (Å²) in [5.41, 5.74) is 5.14.